The van der Waals surface area contributed by atoms with Gasteiger partial charge in [0.2, 0.25) is 5.91 Å². The van der Waals surface area contributed by atoms with Crippen molar-refractivity contribution in [1.82, 2.24) is 5.32 Å². The normalized spacial score (nSPS) is 18.1. The third-order valence-corrected chi connectivity index (χ3v) is 7.53. The van der Waals surface area contributed by atoms with Crippen molar-refractivity contribution in [3.05, 3.63) is 59.7 Å². The molecule has 1 amide bonds. The average Bonchev–Trinajstić information content (AvgIpc) is 2.70. The highest BCUT2D eigenvalue weighted by molar-refractivity contribution is 7.92. The summed E-state index contributed by atoms with van der Waals surface area (Å²) in [5, 5.41) is 1.94. The zero-order valence-corrected chi connectivity index (χ0v) is 17.9. The molecule has 1 heterocycles. The van der Waals surface area contributed by atoms with Gasteiger partial charge in [-0.3, -0.25) is 4.79 Å². The van der Waals surface area contributed by atoms with Gasteiger partial charge in [0.1, 0.15) is 11.6 Å². The molecule has 0 spiro atoms. The largest absolute Gasteiger partial charge is 0.367 e. The molecule has 0 bridgehead atoms. The molecular weight excluding hydrogens is 410 g/mol. The van der Waals surface area contributed by atoms with Gasteiger partial charge in [0.15, 0.2) is 9.84 Å². The lowest BCUT2D eigenvalue weighted by molar-refractivity contribution is -0.121. The zero-order chi connectivity index (χ0) is 21.9. The maximum atomic E-state index is 14.2. The fourth-order valence-corrected chi connectivity index (χ4v) is 5.04. The number of hydrogen-bond acceptors (Lipinski definition) is 4. The minimum atomic E-state index is -3.74. The van der Waals surface area contributed by atoms with Gasteiger partial charge in [0, 0.05) is 25.6 Å². The van der Waals surface area contributed by atoms with Crippen LogP contribution in [0, 0.1) is 18.6 Å². The molecule has 1 aliphatic rings. The number of aryl methyl sites for hydroxylation is 1. The summed E-state index contributed by atoms with van der Waals surface area (Å²) in [6, 6.07) is 9.33. The Balaban J connectivity index is 1.61. The van der Waals surface area contributed by atoms with Crippen LogP contribution in [0.15, 0.2) is 47.4 Å². The Morgan fingerprint density at radius 1 is 1.20 bits per heavy atom. The van der Waals surface area contributed by atoms with Crippen molar-refractivity contribution >= 4 is 21.4 Å². The summed E-state index contributed by atoms with van der Waals surface area (Å²) < 4.78 is 52.5. The second-order valence-corrected chi connectivity index (χ2v) is 10.2. The molecule has 0 radical (unpaired) electrons. The van der Waals surface area contributed by atoms with E-state index in [0.717, 1.165) is 30.5 Å². The van der Waals surface area contributed by atoms with Crippen LogP contribution in [0.3, 0.4) is 0 Å². The summed E-state index contributed by atoms with van der Waals surface area (Å²) in [7, 11) is -3.74. The van der Waals surface area contributed by atoms with Gasteiger partial charge in [-0.1, -0.05) is 6.07 Å². The van der Waals surface area contributed by atoms with Crippen LogP contribution < -0.4 is 10.2 Å². The monoisotopic (exact) mass is 436 g/mol. The van der Waals surface area contributed by atoms with Crippen molar-refractivity contribution in [2.24, 2.45) is 0 Å². The first-order valence-corrected chi connectivity index (χ1v) is 11.5. The molecule has 3 rings (SSSR count). The first kappa shape index (κ1) is 22.2. The fourth-order valence-electron chi connectivity index (χ4n) is 3.69. The van der Waals surface area contributed by atoms with E-state index in [1.54, 1.807) is 12.1 Å². The van der Waals surface area contributed by atoms with Crippen LogP contribution in [-0.2, 0) is 14.6 Å². The van der Waals surface area contributed by atoms with Crippen LogP contribution in [0.2, 0.25) is 0 Å². The van der Waals surface area contributed by atoms with Gasteiger partial charge < -0.3 is 10.2 Å². The van der Waals surface area contributed by atoms with E-state index in [9.17, 15) is 22.0 Å². The smallest absolute Gasteiger partial charge is 0.221 e. The summed E-state index contributed by atoms with van der Waals surface area (Å²) >= 11 is 0. The van der Waals surface area contributed by atoms with E-state index in [2.05, 4.69) is 5.32 Å². The number of piperidine rings is 1. The number of nitrogens with zero attached hydrogens (tertiary/aromatic N) is 1. The lowest BCUT2D eigenvalue weighted by atomic mass is 10.0. The predicted molar refractivity (Wildman–Crippen MR) is 112 cm³/mol. The molecule has 2 unspecified atom stereocenters. The van der Waals surface area contributed by atoms with Gasteiger partial charge in [0.05, 0.1) is 15.8 Å². The van der Waals surface area contributed by atoms with Gasteiger partial charge in [0.25, 0.3) is 0 Å². The molecule has 1 saturated heterocycles. The van der Waals surface area contributed by atoms with E-state index >= 15 is 0 Å². The number of hydrogen-bond donors (Lipinski definition) is 1. The van der Waals surface area contributed by atoms with Gasteiger partial charge in [-0.2, -0.15) is 0 Å². The van der Waals surface area contributed by atoms with Gasteiger partial charge in [-0.15, -0.1) is 0 Å². The van der Waals surface area contributed by atoms with Crippen LogP contribution in [0.4, 0.5) is 14.5 Å². The molecule has 0 aliphatic carbocycles. The Kier molecular flexibility index (Phi) is 6.75. The van der Waals surface area contributed by atoms with Crippen molar-refractivity contribution in [3.63, 3.8) is 0 Å². The Labute approximate surface area is 176 Å². The molecule has 2 aromatic rings. The fraction of sp³-hybridized carbons (Fsp3) is 0.409. The topological polar surface area (TPSA) is 66.5 Å². The number of benzene rings is 2. The average molecular weight is 437 g/mol. The molecule has 1 aliphatic heterocycles. The van der Waals surface area contributed by atoms with Gasteiger partial charge in [-0.25, -0.2) is 17.2 Å². The highest BCUT2D eigenvalue weighted by Gasteiger charge is 2.28. The molecule has 0 aromatic heterocycles. The predicted octanol–water partition coefficient (Wildman–Crippen LogP) is 3.61. The first-order valence-electron chi connectivity index (χ1n) is 9.97. The molecule has 5 nitrogen and oxygen atoms in total. The third-order valence-electron chi connectivity index (χ3n) is 5.37. The standard InChI is InChI=1S/C22H26F2N2O3S/c1-15-5-10-20(24)21(12-15)26-11-3-4-18(14-26)25-22(27)13-16(2)30(28,29)19-8-6-17(23)7-9-19/h5-10,12,16,18H,3-4,11,13-14H2,1-2H3,(H,25,27). The number of rotatable bonds is 6. The number of anilines is 1. The summed E-state index contributed by atoms with van der Waals surface area (Å²) in [4.78, 5) is 14.4. The second-order valence-electron chi connectivity index (χ2n) is 7.82. The summed E-state index contributed by atoms with van der Waals surface area (Å²) in [6.45, 7) is 4.52. The molecule has 2 aromatic carbocycles. The van der Waals surface area contributed by atoms with E-state index in [0.29, 0.717) is 18.8 Å². The maximum Gasteiger partial charge on any atom is 0.221 e. The maximum absolute atomic E-state index is 14.2. The number of carbonyl (C=O) groups excluding carboxylic acids is 1. The van der Waals surface area contributed by atoms with Crippen molar-refractivity contribution in [2.45, 2.75) is 49.3 Å². The molecule has 2 atom stereocenters. The lowest BCUT2D eigenvalue weighted by Crippen LogP contribution is -2.48. The van der Waals surface area contributed by atoms with Gasteiger partial charge >= 0.3 is 0 Å². The number of sulfone groups is 1. The molecule has 1 N–H and O–H groups in total. The molecule has 0 saturated carbocycles. The number of carbonyl (C=O) groups is 1. The van der Waals surface area contributed by atoms with Crippen molar-refractivity contribution in [3.8, 4) is 0 Å². The quantitative estimate of drug-likeness (QED) is 0.703. The molecule has 1 fully saturated rings. The SMILES string of the molecule is Cc1ccc(F)c(N2CCCC(NC(=O)CC(C)S(=O)(=O)c3ccc(F)cc3)C2)c1. The van der Waals surface area contributed by atoms with E-state index in [1.165, 1.54) is 25.1 Å². The minimum absolute atomic E-state index is 0.0111. The summed E-state index contributed by atoms with van der Waals surface area (Å²) in [5.41, 5.74) is 1.47. The molecule has 8 heteroatoms. The molecule has 30 heavy (non-hydrogen) atoms. The minimum Gasteiger partial charge on any atom is -0.367 e. The van der Waals surface area contributed by atoms with E-state index in [4.69, 9.17) is 0 Å². The highest BCUT2D eigenvalue weighted by atomic mass is 32.2. The van der Waals surface area contributed by atoms with Crippen molar-refractivity contribution in [1.29, 1.82) is 0 Å². The Hall–Kier alpha value is -2.48. The number of amides is 1. The number of nitrogens with one attached hydrogen (secondary N) is 1. The van der Waals surface area contributed by atoms with E-state index in [1.807, 2.05) is 11.8 Å². The zero-order valence-electron chi connectivity index (χ0n) is 17.1. The molecular formula is C22H26F2N2O3S. The molecule has 162 valence electrons. The van der Waals surface area contributed by atoms with Crippen LogP contribution >= 0.6 is 0 Å². The second kappa shape index (κ2) is 9.12. The summed E-state index contributed by atoms with van der Waals surface area (Å²) in [6.07, 6.45) is 1.34. The highest BCUT2D eigenvalue weighted by Crippen LogP contribution is 2.25. The van der Waals surface area contributed by atoms with Crippen LogP contribution in [0.1, 0.15) is 31.7 Å². The van der Waals surface area contributed by atoms with E-state index < -0.39 is 20.9 Å². The van der Waals surface area contributed by atoms with E-state index in [-0.39, 0.29) is 29.1 Å². The van der Waals surface area contributed by atoms with Crippen LogP contribution in [0.5, 0.6) is 0 Å². The lowest BCUT2D eigenvalue weighted by Gasteiger charge is -2.35. The Morgan fingerprint density at radius 3 is 2.60 bits per heavy atom. The third kappa shape index (κ3) is 5.16. The van der Waals surface area contributed by atoms with Crippen LogP contribution in [-0.4, -0.2) is 38.7 Å². The number of halogens is 2. The first-order chi connectivity index (χ1) is 14.2. The Morgan fingerprint density at radius 2 is 1.90 bits per heavy atom. The van der Waals surface area contributed by atoms with Crippen molar-refractivity contribution in [2.75, 3.05) is 18.0 Å². The summed E-state index contributed by atoms with van der Waals surface area (Å²) in [5.74, 6) is -1.19. The van der Waals surface area contributed by atoms with Crippen LogP contribution in [0.25, 0.3) is 0 Å². The van der Waals surface area contributed by atoms with Crippen molar-refractivity contribution < 1.29 is 22.0 Å². The van der Waals surface area contributed by atoms with Gasteiger partial charge in [-0.05, 0) is 68.7 Å². The Bertz CT molecular complexity index is 1010.